The van der Waals surface area contributed by atoms with Gasteiger partial charge in [0.2, 0.25) is 0 Å². The van der Waals surface area contributed by atoms with Gasteiger partial charge >= 0.3 is 0 Å². The van der Waals surface area contributed by atoms with Crippen molar-refractivity contribution >= 4 is 13.3 Å². The molecular weight excluding hydrogens is 219 g/mol. The number of nitrogens with zero attached hydrogens (tertiary/aromatic N) is 1. The first kappa shape index (κ1) is 14.8. The Labute approximate surface area is 112 Å². The predicted molar refractivity (Wildman–Crippen MR) is 77.0 cm³/mol. The topological polar surface area (TPSA) is 35.8 Å². The van der Waals surface area contributed by atoms with E-state index in [2.05, 4.69) is 11.4 Å². The smallest absolute Gasteiger partial charge is 0.113 e. The molecule has 0 aromatic heterocycles. The van der Waals surface area contributed by atoms with Crippen LogP contribution in [0.1, 0.15) is 32.3 Å². The molecule has 0 atom stereocenters. The second-order valence-corrected chi connectivity index (χ2v) is 4.56. The van der Waals surface area contributed by atoms with Crippen LogP contribution in [-0.4, -0.2) is 20.9 Å². The van der Waals surface area contributed by atoms with Crippen LogP contribution in [-0.2, 0) is 6.42 Å². The van der Waals surface area contributed by atoms with E-state index in [1.54, 1.807) is 0 Å². The lowest BCUT2D eigenvalue weighted by atomic mass is 9.75. The van der Waals surface area contributed by atoms with Crippen LogP contribution < -0.4 is 10.8 Å². The number of piperidine rings is 1. The highest BCUT2D eigenvalue weighted by molar-refractivity contribution is 6.32. The number of rotatable bonds is 2. The molecule has 94 valence electrons. The van der Waals surface area contributed by atoms with Crippen LogP contribution in [0.3, 0.4) is 0 Å². The Morgan fingerprint density at radius 3 is 2.28 bits per heavy atom. The van der Waals surface area contributed by atoms with E-state index in [1.165, 1.54) is 5.56 Å². The number of hydrogen-bond acceptors (Lipinski definition) is 2. The molecular formula is C15H21BN2. The first-order valence-electron chi connectivity index (χ1n) is 6.70. The summed E-state index contributed by atoms with van der Waals surface area (Å²) in [6.45, 7) is 5.89. The molecule has 1 aliphatic heterocycles. The van der Waals surface area contributed by atoms with Crippen LogP contribution in [0.25, 0.3) is 0 Å². The molecule has 2 radical (unpaired) electrons. The summed E-state index contributed by atoms with van der Waals surface area (Å²) in [5.74, 6) is 0. The molecule has 1 aliphatic rings. The molecule has 1 heterocycles. The van der Waals surface area contributed by atoms with E-state index in [0.29, 0.717) is 0 Å². The summed E-state index contributed by atoms with van der Waals surface area (Å²) in [6, 6.07) is 10.4. The van der Waals surface area contributed by atoms with Crippen LogP contribution in [0, 0.1) is 16.7 Å². The fourth-order valence-corrected chi connectivity index (χ4v) is 2.26. The first-order valence-corrected chi connectivity index (χ1v) is 6.70. The van der Waals surface area contributed by atoms with Gasteiger partial charge in [0.15, 0.2) is 0 Å². The van der Waals surface area contributed by atoms with Gasteiger partial charge < -0.3 is 5.32 Å². The molecule has 0 amide bonds. The molecule has 3 heteroatoms. The average molecular weight is 240 g/mol. The van der Waals surface area contributed by atoms with Crippen LogP contribution >= 0.6 is 0 Å². The van der Waals surface area contributed by atoms with Crippen molar-refractivity contribution < 1.29 is 0 Å². The zero-order valence-corrected chi connectivity index (χ0v) is 11.4. The molecule has 0 saturated carbocycles. The zero-order chi connectivity index (χ0) is 13.4. The van der Waals surface area contributed by atoms with Crippen molar-refractivity contribution in [3.05, 3.63) is 29.8 Å². The summed E-state index contributed by atoms with van der Waals surface area (Å²) in [4.78, 5) is 0. The van der Waals surface area contributed by atoms with Crippen LogP contribution in [0.4, 0.5) is 0 Å². The highest BCUT2D eigenvalue weighted by Gasteiger charge is 2.31. The molecule has 18 heavy (non-hydrogen) atoms. The van der Waals surface area contributed by atoms with Gasteiger partial charge in [-0.3, -0.25) is 0 Å². The number of benzene rings is 1. The Hall–Kier alpha value is -1.27. The molecule has 1 aromatic rings. The number of nitriles is 1. The monoisotopic (exact) mass is 240 g/mol. The average Bonchev–Trinajstić information content (AvgIpc) is 2.45. The van der Waals surface area contributed by atoms with Crippen molar-refractivity contribution in [2.24, 2.45) is 5.41 Å². The fraction of sp³-hybridized carbons (Fsp3) is 0.533. The lowest BCUT2D eigenvalue weighted by Gasteiger charge is -2.31. The van der Waals surface area contributed by atoms with Crippen LogP contribution in [0.2, 0.25) is 0 Å². The van der Waals surface area contributed by atoms with Gasteiger partial charge in [-0.25, -0.2) is 0 Å². The summed E-state index contributed by atoms with van der Waals surface area (Å²) < 4.78 is 0. The largest absolute Gasteiger partial charge is 0.317 e. The van der Waals surface area contributed by atoms with Crippen molar-refractivity contribution in [2.45, 2.75) is 33.1 Å². The molecule has 0 bridgehead atoms. The van der Waals surface area contributed by atoms with Gasteiger partial charge in [-0.05, 0) is 37.9 Å². The normalized spacial score (nSPS) is 17.2. The minimum Gasteiger partial charge on any atom is -0.317 e. The molecule has 1 N–H and O–H groups in total. The maximum Gasteiger partial charge on any atom is 0.113 e. The lowest BCUT2D eigenvalue weighted by molar-refractivity contribution is 0.280. The minimum absolute atomic E-state index is 0.179. The van der Waals surface area contributed by atoms with E-state index < -0.39 is 0 Å². The molecule has 0 spiro atoms. The summed E-state index contributed by atoms with van der Waals surface area (Å²) >= 11 is 0. The van der Waals surface area contributed by atoms with Crippen LogP contribution in [0.15, 0.2) is 24.3 Å². The summed E-state index contributed by atoms with van der Waals surface area (Å²) in [5.41, 5.74) is 1.80. The standard InChI is InChI=1S/C13H15BN2.C2H6/c14-12-3-1-11(2-4-12)9-13(10-15)5-7-16-8-6-13;1-2/h1-4,16H,5-9H2;1-2H3. The fourth-order valence-electron chi connectivity index (χ4n) is 2.26. The predicted octanol–water partition coefficient (Wildman–Crippen LogP) is 1.94. The van der Waals surface area contributed by atoms with Gasteiger partial charge in [0.05, 0.1) is 11.5 Å². The second-order valence-electron chi connectivity index (χ2n) is 4.56. The molecule has 0 aliphatic carbocycles. The van der Waals surface area contributed by atoms with E-state index in [9.17, 15) is 5.26 Å². The van der Waals surface area contributed by atoms with Crippen LogP contribution in [0.5, 0.6) is 0 Å². The number of nitrogens with one attached hydrogen (secondary N) is 1. The Morgan fingerprint density at radius 1 is 1.22 bits per heavy atom. The van der Waals surface area contributed by atoms with Gasteiger partial charge in [-0.2, -0.15) is 5.26 Å². The second kappa shape index (κ2) is 7.23. The highest BCUT2D eigenvalue weighted by Crippen LogP contribution is 2.31. The van der Waals surface area contributed by atoms with Gasteiger partial charge in [0.1, 0.15) is 7.85 Å². The Bertz CT molecular complexity index is 386. The maximum atomic E-state index is 9.35. The minimum atomic E-state index is -0.179. The van der Waals surface area contributed by atoms with Crippen molar-refractivity contribution in [1.29, 1.82) is 5.26 Å². The van der Waals surface area contributed by atoms with Crippen molar-refractivity contribution in [3.8, 4) is 6.07 Å². The van der Waals surface area contributed by atoms with Gasteiger partial charge in [-0.15, -0.1) is 0 Å². The van der Waals surface area contributed by atoms with E-state index in [4.69, 9.17) is 7.85 Å². The third-order valence-corrected chi connectivity index (χ3v) is 3.32. The maximum absolute atomic E-state index is 9.35. The highest BCUT2D eigenvalue weighted by atomic mass is 14.9. The Morgan fingerprint density at radius 2 is 1.78 bits per heavy atom. The van der Waals surface area contributed by atoms with Gasteiger partial charge in [0.25, 0.3) is 0 Å². The quantitative estimate of drug-likeness (QED) is 0.802. The molecule has 0 unspecified atom stereocenters. The lowest BCUT2D eigenvalue weighted by Crippen LogP contribution is -2.37. The molecule has 2 rings (SSSR count). The third kappa shape index (κ3) is 3.89. The Balaban J connectivity index is 0.000000771. The van der Waals surface area contributed by atoms with E-state index in [-0.39, 0.29) is 5.41 Å². The Kier molecular flexibility index (Phi) is 5.94. The van der Waals surface area contributed by atoms with E-state index >= 15 is 0 Å². The third-order valence-electron chi connectivity index (χ3n) is 3.32. The zero-order valence-electron chi connectivity index (χ0n) is 11.4. The van der Waals surface area contributed by atoms with Gasteiger partial charge in [0, 0.05) is 0 Å². The molecule has 1 aromatic carbocycles. The first-order chi connectivity index (χ1) is 8.74. The molecule has 1 saturated heterocycles. The van der Waals surface area contributed by atoms with Crippen molar-refractivity contribution in [3.63, 3.8) is 0 Å². The summed E-state index contributed by atoms with van der Waals surface area (Å²) in [6.07, 6.45) is 2.72. The number of hydrogen-bond donors (Lipinski definition) is 1. The molecule has 2 nitrogen and oxygen atoms in total. The van der Waals surface area contributed by atoms with Gasteiger partial charge in [-0.1, -0.05) is 43.6 Å². The van der Waals surface area contributed by atoms with E-state index in [1.807, 2.05) is 38.1 Å². The SMILES string of the molecule is CC.[B]c1ccc(CC2(C#N)CCNCC2)cc1. The van der Waals surface area contributed by atoms with E-state index in [0.717, 1.165) is 37.8 Å². The van der Waals surface area contributed by atoms with Crippen molar-refractivity contribution in [1.82, 2.24) is 5.32 Å². The van der Waals surface area contributed by atoms with Crippen molar-refractivity contribution in [2.75, 3.05) is 13.1 Å². The summed E-state index contributed by atoms with van der Waals surface area (Å²) in [5, 5.41) is 12.7. The molecule has 1 fully saturated rings. The summed E-state index contributed by atoms with van der Waals surface area (Å²) in [7, 11) is 5.65.